The predicted molar refractivity (Wildman–Crippen MR) is 116 cm³/mol. The van der Waals surface area contributed by atoms with Crippen molar-refractivity contribution >= 4 is 23.0 Å². The van der Waals surface area contributed by atoms with Crippen LogP contribution in [0, 0.1) is 0 Å². The highest BCUT2D eigenvalue weighted by atomic mass is 16.1. The lowest BCUT2D eigenvalue weighted by Crippen LogP contribution is -2.44. The molecular weight excluding hydrogens is 348 g/mol. The molecule has 1 fully saturated rings. The second kappa shape index (κ2) is 8.23. The Hall–Kier alpha value is -2.53. The molecule has 1 amide bonds. The van der Waals surface area contributed by atoms with Crippen LogP contribution in [0.25, 0.3) is 0 Å². The van der Waals surface area contributed by atoms with Crippen LogP contribution < -0.4 is 15.1 Å². The average Bonchev–Trinajstić information content (AvgIpc) is 3.03. The quantitative estimate of drug-likeness (QED) is 0.867. The van der Waals surface area contributed by atoms with Crippen molar-refractivity contribution in [3.05, 3.63) is 54.1 Å². The van der Waals surface area contributed by atoms with Gasteiger partial charge in [0, 0.05) is 62.2 Å². The lowest BCUT2D eigenvalue weighted by atomic mass is 10.1. The van der Waals surface area contributed by atoms with Gasteiger partial charge in [-0.3, -0.25) is 4.79 Å². The molecule has 0 radical (unpaired) electrons. The molecule has 0 spiro atoms. The highest BCUT2D eigenvalue weighted by Crippen LogP contribution is 2.31. The van der Waals surface area contributed by atoms with Crippen LogP contribution in [0.4, 0.5) is 17.1 Å². The highest BCUT2D eigenvalue weighted by Gasteiger charge is 2.25. The summed E-state index contributed by atoms with van der Waals surface area (Å²) < 4.78 is 0. The standard InChI is InChI=1S/C23H30N4O/c1-18-17-19-5-3-4-6-22(19)27(18)12-11-23(28)24-20-7-9-21(10-8-20)26-15-13-25(2)14-16-26/h3-10,18H,11-17H2,1-2H3,(H,24,28). The summed E-state index contributed by atoms with van der Waals surface area (Å²) in [4.78, 5) is 19.6. The van der Waals surface area contributed by atoms with Gasteiger partial charge in [-0.05, 0) is 56.3 Å². The Morgan fingerprint density at radius 3 is 2.50 bits per heavy atom. The van der Waals surface area contributed by atoms with Gasteiger partial charge in [-0.1, -0.05) is 18.2 Å². The molecule has 4 rings (SSSR count). The molecule has 5 heteroatoms. The van der Waals surface area contributed by atoms with Gasteiger partial charge in [-0.2, -0.15) is 0 Å². The van der Waals surface area contributed by atoms with E-state index in [2.05, 4.69) is 70.4 Å². The number of benzene rings is 2. The summed E-state index contributed by atoms with van der Waals surface area (Å²) in [5, 5.41) is 3.05. The number of carbonyl (C=O) groups excluding carboxylic acids is 1. The lowest BCUT2D eigenvalue weighted by molar-refractivity contribution is -0.116. The van der Waals surface area contributed by atoms with Gasteiger partial charge < -0.3 is 20.0 Å². The van der Waals surface area contributed by atoms with Crippen molar-refractivity contribution in [1.29, 1.82) is 0 Å². The molecule has 2 heterocycles. The van der Waals surface area contributed by atoms with Gasteiger partial charge in [0.2, 0.25) is 5.91 Å². The molecule has 2 aliphatic rings. The van der Waals surface area contributed by atoms with Crippen molar-refractivity contribution < 1.29 is 4.79 Å². The molecule has 0 saturated carbocycles. The topological polar surface area (TPSA) is 38.8 Å². The molecule has 1 saturated heterocycles. The van der Waals surface area contributed by atoms with Crippen molar-refractivity contribution in [2.45, 2.75) is 25.8 Å². The molecule has 0 aromatic heterocycles. The summed E-state index contributed by atoms with van der Waals surface area (Å²) in [6.07, 6.45) is 1.56. The van der Waals surface area contributed by atoms with Gasteiger partial charge >= 0.3 is 0 Å². The highest BCUT2D eigenvalue weighted by molar-refractivity contribution is 5.91. The average molecular weight is 379 g/mol. The van der Waals surface area contributed by atoms with Crippen LogP contribution in [0.1, 0.15) is 18.9 Å². The van der Waals surface area contributed by atoms with Gasteiger partial charge in [0.1, 0.15) is 0 Å². The minimum absolute atomic E-state index is 0.0731. The second-order valence-corrected chi connectivity index (χ2v) is 8.01. The third-order valence-electron chi connectivity index (χ3n) is 5.95. The Labute approximate surface area is 167 Å². The first-order chi connectivity index (χ1) is 13.6. The lowest BCUT2D eigenvalue weighted by Gasteiger charge is -2.34. The summed E-state index contributed by atoms with van der Waals surface area (Å²) >= 11 is 0. The van der Waals surface area contributed by atoms with Crippen LogP contribution in [0.3, 0.4) is 0 Å². The summed E-state index contributed by atoms with van der Waals surface area (Å²) in [7, 11) is 2.16. The van der Waals surface area contributed by atoms with Crippen LogP contribution in [0.5, 0.6) is 0 Å². The molecule has 28 heavy (non-hydrogen) atoms. The molecule has 1 atom stereocenters. The maximum Gasteiger partial charge on any atom is 0.226 e. The third-order valence-corrected chi connectivity index (χ3v) is 5.95. The normalized spacial score (nSPS) is 19.6. The SMILES string of the molecule is CC1Cc2ccccc2N1CCC(=O)Nc1ccc(N2CCN(C)CC2)cc1. The first kappa shape index (κ1) is 18.8. The number of fused-ring (bicyclic) bond motifs is 1. The Bertz CT molecular complexity index is 812. The number of piperazine rings is 1. The molecule has 5 nitrogen and oxygen atoms in total. The summed E-state index contributed by atoms with van der Waals surface area (Å²) in [6.45, 7) is 7.28. The molecule has 0 bridgehead atoms. The smallest absolute Gasteiger partial charge is 0.226 e. The minimum Gasteiger partial charge on any atom is -0.369 e. The Morgan fingerprint density at radius 1 is 1.04 bits per heavy atom. The van der Waals surface area contributed by atoms with Crippen LogP contribution in [0.15, 0.2) is 48.5 Å². The zero-order chi connectivity index (χ0) is 19.5. The maximum absolute atomic E-state index is 12.5. The summed E-state index contributed by atoms with van der Waals surface area (Å²) in [6, 6.07) is 17.2. The number of carbonyl (C=O) groups is 1. The van der Waals surface area contributed by atoms with Crippen molar-refractivity contribution in [3.63, 3.8) is 0 Å². The molecule has 1 N–H and O–H groups in total. The van der Waals surface area contributed by atoms with Crippen molar-refractivity contribution in [2.24, 2.45) is 0 Å². The Kier molecular flexibility index (Phi) is 5.53. The fourth-order valence-electron chi connectivity index (χ4n) is 4.24. The maximum atomic E-state index is 12.5. The van der Waals surface area contributed by atoms with Gasteiger partial charge in [-0.25, -0.2) is 0 Å². The van der Waals surface area contributed by atoms with Crippen LogP contribution >= 0.6 is 0 Å². The molecular formula is C23H30N4O. The monoisotopic (exact) mass is 378 g/mol. The number of nitrogens with one attached hydrogen (secondary N) is 1. The molecule has 2 aromatic carbocycles. The van der Waals surface area contributed by atoms with E-state index < -0.39 is 0 Å². The zero-order valence-corrected chi connectivity index (χ0v) is 16.9. The van der Waals surface area contributed by atoms with E-state index >= 15 is 0 Å². The number of hydrogen-bond acceptors (Lipinski definition) is 4. The van der Waals surface area contributed by atoms with E-state index in [0.29, 0.717) is 12.5 Å². The molecule has 0 aliphatic carbocycles. The summed E-state index contributed by atoms with van der Waals surface area (Å²) in [5.74, 6) is 0.0731. The van der Waals surface area contributed by atoms with E-state index in [1.807, 2.05) is 12.1 Å². The van der Waals surface area contributed by atoms with Gasteiger partial charge in [0.25, 0.3) is 0 Å². The third kappa shape index (κ3) is 4.14. The van der Waals surface area contributed by atoms with Gasteiger partial charge in [0.05, 0.1) is 0 Å². The van der Waals surface area contributed by atoms with E-state index in [4.69, 9.17) is 0 Å². The Morgan fingerprint density at radius 2 is 1.75 bits per heavy atom. The van der Waals surface area contributed by atoms with E-state index in [1.165, 1.54) is 16.9 Å². The largest absolute Gasteiger partial charge is 0.369 e. The second-order valence-electron chi connectivity index (χ2n) is 8.01. The minimum atomic E-state index is 0.0731. The van der Waals surface area contributed by atoms with E-state index in [0.717, 1.165) is 44.8 Å². The van der Waals surface area contributed by atoms with E-state index in [-0.39, 0.29) is 5.91 Å². The van der Waals surface area contributed by atoms with Gasteiger partial charge in [-0.15, -0.1) is 0 Å². The van der Waals surface area contributed by atoms with E-state index in [9.17, 15) is 4.79 Å². The first-order valence-electron chi connectivity index (χ1n) is 10.3. The molecule has 2 aromatic rings. The number of hydrogen-bond donors (Lipinski definition) is 1. The molecule has 2 aliphatic heterocycles. The number of anilines is 3. The van der Waals surface area contributed by atoms with Crippen molar-refractivity contribution in [2.75, 3.05) is 54.9 Å². The van der Waals surface area contributed by atoms with Gasteiger partial charge in [0.15, 0.2) is 0 Å². The Balaban J connectivity index is 1.29. The first-order valence-corrected chi connectivity index (χ1v) is 10.3. The molecule has 1 unspecified atom stereocenters. The number of para-hydroxylation sites is 1. The van der Waals surface area contributed by atoms with Crippen LogP contribution in [-0.2, 0) is 11.2 Å². The summed E-state index contributed by atoms with van der Waals surface area (Å²) in [5.41, 5.74) is 4.76. The fraction of sp³-hybridized carbons (Fsp3) is 0.435. The fourth-order valence-corrected chi connectivity index (χ4v) is 4.24. The molecule has 148 valence electrons. The number of amides is 1. The number of likely N-dealkylation sites (N-methyl/N-ethyl adjacent to an activating group) is 1. The number of nitrogens with zero attached hydrogens (tertiary/aromatic N) is 3. The van der Waals surface area contributed by atoms with E-state index in [1.54, 1.807) is 0 Å². The zero-order valence-electron chi connectivity index (χ0n) is 16.9. The number of rotatable bonds is 5. The van der Waals surface area contributed by atoms with Crippen LogP contribution in [0.2, 0.25) is 0 Å². The van der Waals surface area contributed by atoms with Crippen molar-refractivity contribution in [1.82, 2.24) is 4.90 Å². The van der Waals surface area contributed by atoms with Crippen molar-refractivity contribution in [3.8, 4) is 0 Å². The predicted octanol–water partition coefficient (Wildman–Crippen LogP) is 3.22. The van der Waals surface area contributed by atoms with Crippen LogP contribution in [-0.4, -0.2) is 56.6 Å².